The molecule has 5 heteroatoms. The number of hydrogen-bond acceptors (Lipinski definition) is 2. The van der Waals surface area contributed by atoms with Crippen molar-refractivity contribution >= 4 is 5.96 Å². The Labute approximate surface area is 146 Å². The van der Waals surface area contributed by atoms with E-state index in [1.54, 1.807) is 0 Å². The quantitative estimate of drug-likeness (QED) is 0.683. The number of hydrogen-bond donors (Lipinski definition) is 1. The summed E-state index contributed by atoms with van der Waals surface area (Å²) < 4.78 is 1.90. The maximum Gasteiger partial charge on any atom is 0.193 e. The molecule has 24 heavy (non-hydrogen) atoms. The molecular formula is C19H33N5. The first-order valence-corrected chi connectivity index (χ1v) is 9.70. The monoisotopic (exact) mass is 331 g/mol. The van der Waals surface area contributed by atoms with Crippen LogP contribution in [-0.2, 0) is 7.05 Å². The lowest BCUT2D eigenvalue weighted by atomic mass is 9.91. The summed E-state index contributed by atoms with van der Waals surface area (Å²) in [6, 6.07) is 0. The van der Waals surface area contributed by atoms with E-state index in [4.69, 9.17) is 0 Å². The van der Waals surface area contributed by atoms with Crippen LogP contribution < -0.4 is 5.32 Å². The van der Waals surface area contributed by atoms with Crippen molar-refractivity contribution in [3.05, 3.63) is 18.0 Å². The molecule has 2 fully saturated rings. The Morgan fingerprint density at radius 3 is 2.62 bits per heavy atom. The first kappa shape index (κ1) is 17.3. The first-order chi connectivity index (χ1) is 11.8. The standard InChI is InChI=1S/C19H33N5/c1-20-19(21-12-16-8-6-4-3-5-7-9-16)24-11-10-17(15-24)18-13-22-23(2)14-18/h13-14,16-17H,3-12,15H2,1-2H3,(H,20,21). The summed E-state index contributed by atoms with van der Waals surface area (Å²) in [5.74, 6) is 2.49. The van der Waals surface area contributed by atoms with Gasteiger partial charge in [-0.15, -0.1) is 0 Å². The molecule has 1 N–H and O–H groups in total. The third-order valence-corrected chi connectivity index (χ3v) is 5.67. The highest BCUT2D eigenvalue weighted by Gasteiger charge is 2.27. The van der Waals surface area contributed by atoms with E-state index < -0.39 is 0 Å². The molecule has 0 amide bonds. The van der Waals surface area contributed by atoms with Crippen molar-refractivity contribution in [2.24, 2.45) is 18.0 Å². The highest BCUT2D eigenvalue weighted by Crippen LogP contribution is 2.27. The van der Waals surface area contributed by atoms with Gasteiger partial charge in [0, 0.05) is 45.8 Å². The Morgan fingerprint density at radius 2 is 1.96 bits per heavy atom. The van der Waals surface area contributed by atoms with Crippen molar-refractivity contribution < 1.29 is 0 Å². The number of rotatable bonds is 3. The first-order valence-electron chi connectivity index (χ1n) is 9.70. The number of likely N-dealkylation sites (tertiary alicyclic amines) is 1. The van der Waals surface area contributed by atoms with E-state index in [0.29, 0.717) is 5.92 Å². The van der Waals surface area contributed by atoms with Gasteiger partial charge in [-0.1, -0.05) is 32.1 Å². The lowest BCUT2D eigenvalue weighted by molar-refractivity contribution is 0.368. The summed E-state index contributed by atoms with van der Waals surface area (Å²) in [7, 11) is 3.91. The van der Waals surface area contributed by atoms with Crippen LogP contribution in [0.5, 0.6) is 0 Å². The predicted octanol–water partition coefficient (Wildman–Crippen LogP) is 3.15. The number of aliphatic imine (C=N–C) groups is 1. The Bertz CT molecular complexity index is 528. The van der Waals surface area contributed by atoms with Crippen LogP contribution in [0.4, 0.5) is 0 Å². The van der Waals surface area contributed by atoms with Gasteiger partial charge in [0.1, 0.15) is 0 Å². The number of nitrogens with zero attached hydrogens (tertiary/aromatic N) is 4. The van der Waals surface area contributed by atoms with Gasteiger partial charge in [-0.05, 0) is 30.7 Å². The number of guanidine groups is 1. The topological polar surface area (TPSA) is 45.5 Å². The van der Waals surface area contributed by atoms with Crippen LogP contribution in [0, 0.1) is 5.92 Å². The normalized spacial score (nSPS) is 24.0. The summed E-state index contributed by atoms with van der Waals surface area (Å²) in [6.45, 7) is 3.22. The third kappa shape index (κ3) is 4.52. The Balaban J connectivity index is 1.49. The molecule has 134 valence electrons. The van der Waals surface area contributed by atoms with Gasteiger partial charge in [-0.2, -0.15) is 5.10 Å². The minimum atomic E-state index is 0.582. The molecule has 1 aliphatic heterocycles. The SMILES string of the molecule is CN=C(NCC1CCCCCCC1)N1CCC(c2cnn(C)c2)C1. The van der Waals surface area contributed by atoms with Gasteiger partial charge < -0.3 is 10.2 Å². The molecule has 1 atom stereocenters. The molecule has 1 saturated heterocycles. The Morgan fingerprint density at radius 1 is 1.21 bits per heavy atom. The molecule has 5 nitrogen and oxygen atoms in total. The maximum atomic E-state index is 4.54. The number of aromatic nitrogens is 2. The lowest BCUT2D eigenvalue weighted by Gasteiger charge is -2.25. The predicted molar refractivity (Wildman–Crippen MR) is 99.3 cm³/mol. The van der Waals surface area contributed by atoms with Crippen LogP contribution >= 0.6 is 0 Å². The van der Waals surface area contributed by atoms with Crippen LogP contribution in [0.25, 0.3) is 0 Å². The van der Waals surface area contributed by atoms with Crippen LogP contribution in [0.2, 0.25) is 0 Å². The van der Waals surface area contributed by atoms with E-state index in [0.717, 1.165) is 31.5 Å². The van der Waals surface area contributed by atoms with Crippen molar-refractivity contribution in [3.8, 4) is 0 Å². The van der Waals surface area contributed by atoms with Gasteiger partial charge in [0.25, 0.3) is 0 Å². The molecule has 1 unspecified atom stereocenters. The van der Waals surface area contributed by atoms with E-state index >= 15 is 0 Å². The zero-order chi connectivity index (χ0) is 16.8. The average Bonchev–Trinajstić information content (AvgIpc) is 3.18. The average molecular weight is 332 g/mol. The van der Waals surface area contributed by atoms with Gasteiger partial charge in [0.2, 0.25) is 0 Å². The minimum Gasteiger partial charge on any atom is -0.356 e. The van der Waals surface area contributed by atoms with E-state index in [-0.39, 0.29) is 0 Å². The van der Waals surface area contributed by atoms with Crippen LogP contribution in [0.3, 0.4) is 0 Å². The molecule has 0 spiro atoms. The highest BCUT2D eigenvalue weighted by molar-refractivity contribution is 5.80. The summed E-state index contributed by atoms with van der Waals surface area (Å²) in [5, 5.41) is 7.98. The summed E-state index contributed by atoms with van der Waals surface area (Å²) in [5.41, 5.74) is 1.36. The zero-order valence-electron chi connectivity index (χ0n) is 15.4. The summed E-state index contributed by atoms with van der Waals surface area (Å²) in [4.78, 5) is 6.96. The molecule has 0 bridgehead atoms. The Hall–Kier alpha value is -1.52. The fourth-order valence-electron chi connectivity index (χ4n) is 4.19. The fraction of sp³-hybridized carbons (Fsp3) is 0.789. The van der Waals surface area contributed by atoms with Crippen molar-refractivity contribution in [2.45, 2.75) is 57.3 Å². The largest absolute Gasteiger partial charge is 0.356 e. The Kier molecular flexibility index (Phi) is 6.16. The smallest absolute Gasteiger partial charge is 0.193 e. The van der Waals surface area contributed by atoms with Gasteiger partial charge in [0.05, 0.1) is 6.20 Å². The zero-order valence-corrected chi connectivity index (χ0v) is 15.4. The van der Waals surface area contributed by atoms with Crippen molar-refractivity contribution in [1.29, 1.82) is 0 Å². The molecule has 1 aromatic rings. The summed E-state index contributed by atoms with van der Waals surface area (Å²) in [6.07, 6.45) is 15.2. The molecule has 3 rings (SSSR count). The van der Waals surface area contributed by atoms with Crippen molar-refractivity contribution in [3.63, 3.8) is 0 Å². The summed E-state index contributed by atoms with van der Waals surface area (Å²) >= 11 is 0. The highest BCUT2D eigenvalue weighted by atomic mass is 15.3. The van der Waals surface area contributed by atoms with Gasteiger partial charge in [-0.25, -0.2) is 0 Å². The number of nitrogens with one attached hydrogen (secondary N) is 1. The fourth-order valence-corrected chi connectivity index (χ4v) is 4.19. The molecule has 1 aromatic heterocycles. The van der Waals surface area contributed by atoms with Gasteiger partial charge >= 0.3 is 0 Å². The third-order valence-electron chi connectivity index (χ3n) is 5.67. The van der Waals surface area contributed by atoms with Crippen LogP contribution in [0.1, 0.15) is 62.8 Å². The molecule has 1 aliphatic carbocycles. The maximum absolute atomic E-state index is 4.54. The molecule has 1 saturated carbocycles. The lowest BCUT2D eigenvalue weighted by Crippen LogP contribution is -2.42. The van der Waals surface area contributed by atoms with Crippen molar-refractivity contribution in [1.82, 2.24) is 20.0 Å². The van der Waals surface area contributed by atoms with Crippen LogP contribution in [-0.4, -0.2) is 47.3 Å². The minimum absolute atomic E-state index is 0.582. The second-order valence-corrected chi connectivity index (χ2v) is 7.52. The van der Waals surface area contributed by atoms with Crippen molar-refractivity contribution in [2.75, 3.05) is 26.7 Å². The molecule has 0 aromatic carbocycles. The van der Waals surface area contributed by atoms with E-state index in [9.17, 15) is 0 Å². The molecule has 0 radical (unpaired) electrons. The second kappa shape index (κ2) is 8.54. The molecule has 2 heterocycles. The van der Waals surface area contributed by atoms with E-state index in [1.807, 2.05) is 25.0 Å². The van der Waals surface area contributed by atoms with Gasteiger partial charge in [-0.3, -0.25) is 9.67 Å². The van der Waals surface area contributed by atoms with E-state index in [2.05, 4.69) is 26.5 Å². The molecular weight excluding hydrogens is 298 g/mol. The van der Waals surface area contributed by atoms with E-state index in [1.165, 1.54) is 56.9 Å². The number of aryl methyl sites for hydroxylation is 1. The van der Waals surface area contributed by atoms with Gasteiger partial charge in [0.15, 0.2) is 5.96 Å². The van der Waals surface area contributed by atoms with Crippen LogP contribution in [0.15, 0.2) is 17.4 Å². The second-order valence-electron chi connectivity index (χ2n) is 7.52. The molecule has 2 aliphatic rings.